The van der Waals surface area contributed by atoms with Gasteiger partial charge in [-0.15, -0.1) is 0 Å². The van der Waals surface area contributed by atoms with Gasteiger partial charge in [-0.25, -0.2) is 9.97 Å². The number of hydrogen-bond acceptors (Lipinski definition) is 5. The van der Waals surface area contributed by atoms with Crippen molar-refractivity contribution >= 4 is 0 Å². The highest BCUT2D eigenvalue weighted by atomic mass is 16.5. The summed E-state index contributed by atoms with van der Waals surface area (Å²) in [5.74, 6) is 1.86. The molecule has 1 aromatic heterocycles. The van der Waals surface area contributed by atoms with Gasteiger partial charge in [0.2, 0.25) is 0 Å². The lowest BCUT2D eigenvalue weighted by molar-refractivity contribution is 0.239. The Bertz CT molecular complexity index is 657. The zero-order chi connectivity index (χ0) is 16.9. The minimum absolute atomic E-state index is 0.314. The second-order valence-corrected chi connectivity index (χ2v) is 6.62. The molecule has 5 heteroatoms. The maximum absolute atomic E-state index is 5.24. The minimum atomic E-state index is 0.314. The third-order valence-corrected chi connectivity index (χ3v) is 4.42. The highest BCUT2D eigenvalue weighted by Gasteiger charge is 2.28. The Morgan fingerprint density at radius 3 is 2.71 bits per heavy atom. The van der Waals surface area contributed by atoms with Crippen molar-refractivity contribution in [2.45, 2.75) is 32.0 Å². The van der Waals surface area contributed by atoms with Gasteiger partial charge in [0.05, 0.1) is 18.8 Å². The Morgan fingerprint density at radius 2 is 2.00 bits per heavy atom. The molecule has 1 aliphatic rings. The molecule has 1 unspecified atom stereocenters. The average molecular weight is 326 g/mol. The molecule has 2 aromatic rings. The van der Waals surface area contributed by atoms with Crippen LogP contribution in [0, 0.1) is 0 Å². The van der Waals surface area contributed by atoms with E-state index in [2.05, 4.69) is 41.0 Å². The second-order valence-electron chi connectivity index (χ2n) is 6.62. The maximum atomic E-state index is 5.24. The molecule has 1 aromatic carbocycles. The van der Waals surface area contributed by atoms with E-state index >= 15 is 0 Å². The van der Waals surface area contributed by atoms with E-state index in [9.17, 15) is 0 Å². The van der Waals surface area contributed by atoms with E-state index in [0.717, 1.165) is 43.3 Å². The number of nitrogens with zero attached hydrogens (tertiary/aromatic N) is 4. The molecule has 24 heavy (non-hydrogen) atoms. The monoisotopic (exact) mass is 326 g/mol. The SMILES string of the molecule is COc1ccc(CN2CCCC2c2nccc(CN(C)C)n2)cc1. The quantitative estimate of drug-likeness (QED) is 0.816. The third-order valence-electron chi connectivity index (χ3n) is 4.42. The molecule has 0 amide bonds. The Balaban J connectivity index is 1.72. The number of aromatic nitrogens is 2. The summed E-state index contributed by atoms with van der Waals surface area (Å²) in [6, 6.07) is 10.6. The topological polar surface area (TPSA) is 41.5 Å². The van der Waals surface area contributed by atoms with Crippen LogP contribution in [0.25, 0.3) is 0 Å². The second kappa shape index (κ2) is 7.73. The first-order valence-electron chi connectivity index (χ1n) is 8.49. The largest absolute Gasteiger partial charge is 0.497 e. The zero-order valence-corrected chi connectivity index (χ0v) is 14.8. The van der Waals surface area contributed by atoms with Crippen molar-refractivity contribution in [3.05, 3.63) is 53.6 Å². The standard InChI is InChI=1S/C19H26N4O/c1-22(2)14-16-10-11-20-19(21-16)18-5-4-12-23(18)13-15-6-8-17(24-3)9-7-15/h6-11,18H,4-5,12-14H2,1-3H3. The first kappa shape index (κ1) is 16.9. The summed E-state index contributed by atoms with van der Waals surface area (Å²) >= 11 is 0. The van der Waals surface area contributed by atoms with Gasteiger partial charge in [0, 0.05) is 19.3 Å². The van der Waals surface area contributed by atoms with Gasteiger partial charge < -0.3 is 9.64 Å². The van der Waals surface area contributed by atoms with Gasteiger partial charge in [0.25, 0.3) is 0 Å². The molecule has 5 nitrogen and oxygen atoms in total. The van der Waals surface area contributed by atoms with E-state index in [1.807, 2.05) is 24.4 Å². The van der Waals surface area contributed by atoms with E-state index in [1.54, 1.807) is 7.11 Å². The van der Waals surface area contributed by atoms with E-state index in [-0.39, 0.29) is 0 Å². The number of methoxy groups -OCH3 is 1. The molecule has 0 radical (unpaired) electrons. The summed E-state index contributed by atoms with van der Waals surface area (Å²) in [6.45, 7) is 2.87. The molecule has 1 fully saturated rings. The van der Waals surface area contributed by atoms with E-state index < -0.39 is 0 Å². The Hall–Kier alpha value is -1.98. The Labute approximate surface area is 144 Å². The van der Waals surface area contributed by atoms with Gasteiger partial charge in [-0.1, -0.05) is 12.1 Å². The number of likely N-dealkylation sites (tertiary alicyclic amines) is 1. The number of benzene rings is 1. The number of hydrogen-bond donors (Lipinski definition) is 0. The average Bonchev–Trinajstić information content (AvgIpc) is 3.03. The summed E-state index contributed by atoms with van der Waals surface area (Å²) < 4.78 is 5.24. The maximum Gasteiger partial charge on any atom is 0.145 e. The van der Waals surface area contributed by atoms with Crippen molar-refractivity contribution in [3.63, 3.8) is 0 Å². The van der Waals surface area contributed by atoms with Crippen LogP contribution in [0.1, 0.15) is 36.0 Å². The van der Waals surface area contributed by atoms with E-state index in [0.29, 0.717) is 6.04 Å². The normalized spacial score (nSPS) is 18.2. The lowest BCUT2D eigenvalue weighted by atomic mass is 10.1. The first-order chi connectivity index (χ1) is 11.7. The summed E-state index contributed by atoms with van der Waals surface area (Å²) in [6.07, 6.45) is 4.22. The molecule has 2 heterocycles. The van der Waals surface area contributed by atoms with Gasteiger partial charge >= 0.3 is 0 Å². The van der Waals surface area contributed by atoms with E-state index in [1.165, 1.54) is 12.0 Å². The van der Waals surface area contributed by atoms with Crippen LogP contribution in [0.5, 0.6) is 5.75 Å². The van der Waals surface area contributed by atoms with Gasteiger partial charge in [-0.05, 0) is 57.2 Å². The third kappa shape index (κ3) is 4.10. The lowest BCUT2D eigenvalue weighted by Gasteiger charge is -2.24. The van der Waals surface area contributed by atoms with Crippen LogP contribution in [0.2, 0.25) is 0 Å². The molecule has 0 spiro atoms. The molecule has 3 rings (SSSR count). The molecule has 1 atom stereocenters. The predicted octanol–water partition coefficient (Wildman–Crippen LogP) is 2.88. The minimum Gasteiger partial charge on any atom is -0.497 e. The summed E-state index contributed by atoms with van der Waals surface area (Å²) in [7, 11) is 5.82. The van der Waals surface area contributed by atoms with Crippen molar-refractivity contribution in [2.75, 3.05) is 27.7 Å². The van der Waals surface area contributed by atoms with Crippen LogP contribution >= 0.6 is 0 Å². The predicted molar refractivity (Wildman–Crippen MR) is 94.8 cm³/mol. The van der Waals surface area contributed by atoms with Gasteiger partial charge in [0.15, 0.2) is 0 Å². The van der Waals surface area contributed by atoms with Gasteiger partial charge in [0.1, 0.15) is 11.6 Å². The molecule has 1 saturated heterocycles. The van der Waals surface area contributed by atoms with Gasteiger partial charge in [-0.2, -0.15) is 0 Å². The fourth-order valence-corrected chi connectivity index (χ4v) is 3.26. The zero-order valence-electron chi connectivity index (χ0n) is 14.8. The van der Waals surface area contributed by atoms with Crippen LogP contribution < -0.4 is 4.74 Å². The van der Waals surface area contributed by atoms with Crippen molar-refractivity contribution in [2.24, 2.45) is 0 Å². The summed E-state index contributed by atoms with van der Waals surface area (Å²) in [5.41, 5.74) is 2.38. The fourth-order valence-electron chi connectivity index (χ4n) is 3.26. The van der Waals surface area contributed by atoms with Crippen molar-refractivity contribution in [1.82, 2.24) is 19.8 Å². The van der Waals surface area contributed by atoms with Crippen LogP contribution in [0.4, 0.5) is 0 Å². The molecule has 128 valence electrons. The highest BCUT2D eigenvalue weighted by Crippen LogP contribution is 2.31. The smallest absolute Gasteiger partial charge is 0.145 e. The fraction of sp³-hybridized carbons (Fsp3) is 0.474. The van der Waals surface area contributed by atoms with Crippen molar-refractivity contribution < 1.29 is 4.74 Å². The van der Waals surface area contributed by atoms with Crippen molar-refractivity contribution in [1.29, 1.82) is 0 Å². The molecule has 0 N–H and O–H groups in total. The molecule has 1 aliphatic heterocycles. The summed E-state index contributed by atoms with van der Waals surface area (Å²) in [5, 5.41) is 0. The van der Waals surface area contributed by atoms with Crippen LogP contribution in [-0.4, -0.2) is 47.5 Å². The molecular formula is C19H26N4O. The molecular weight excluding hydrogens is 300 g/mol. The molecule has 0 saturated carbocycles. The van der Waals surface area contributed by atoms with E-state index in [4.69, 9.17) is 9.72 Å². The Kier molecular flexibility index (Phi) is 5.43. The lowest BCUT2D eigenvalue weighted by Crippen LogP contribution is -2.25. The van der Waals surface area contributed by atoms with Crippen molar-refractivity contribution in [3.8, 4) is 5.75 Å². The first-order valence-corrected chi connectivity index (χ1v) is 8.49. The Morgan fingerprint density at radius 1 is 1.21 bits per heavy atom. The van der Waals surface area contributed by atoms with Gasteiger partial charge in [-0.3, -0.25) is 4.90 Å². The van der Waals surface area contributed by atoms with Crippen LogP contribution in [0.15, 0.2) is 36.5 Å². The number of rotatable bonds is 6. The summed E-state index contributed by atoms with van der Waals surface area (Å²) in [4.78, 5) is 14.0. The molecule has 0 bridgehead atoms. The van der Waals surface area contributed by atoms with Crippen LogP contribution in [-0.2, 0) is 13.1 Å². The van der Waals surface area contributed by atoms with Crippen LogP contribution in [0.3, 0.4) is 0 Å². The number of ether oxygens (including phenoxy) is 1. The highest BCUT2D eigenvalue weighted by molar-refractivity contribution is 5.27. The molecule has 0 aliphatic carbocycles.